The summed E-state index contributed by atoms with van der Waals surface area (Å²) in [6.07, 6.45) is 0. The van der Waals surface area contributed by atoms with Gasteiger partial charge in [0.15, 0.2) is 0 Å². The molecule has 1 atom stereocenters. The molecule has 29 heavy (non-hydrogen) atoms. The minimum Gasteiger partial charge on any atom is -0.336 e. The Morgan fingerprint density at radius 1 is 0.793 bits per heavy atom. The van der Waals surface area contributed by atoms with Gasteiger partial charge in [-0.1, -0.05) is 54.1 Å². The molecule has 1 aliphatic heterocycles. The van der Waals surface area contributed by atoms with Crippen molar-refractivity contribution in [2.24, 2.45) is 0 Å². The van der Waals surface area contributed by atoms with Gasteiger partial charge in [-0.2, -0.15) is 0 Å². The average Bonchev–Trinajstić information content (AvgIpc) is 2.77. The Bertz CT molecular complexity index is 952. The molecule has 1 amide bonds. The summed E-state index contributed by atoms with van der Waals surface area (Å²) < 4.78 is 13.5. The standard InChI is InChI=1S/C24H22ClFN2O/c25-21-10-6-20(7-11-21)24(29)28-16-14-27(15-17-28)23(18-4-2-1-3-5-18)19-8-12-22(26)13-9-19/h1-13,23H,14-17H2/t23-/m0/s1. The Kier molecular flexibility index (Phi) is 5.93. The van der Waals surface area contributed by atoms with Gasteiger partial charge in [-0.15, -0.1) is 0 Å². The predicted molar refractivity (Wildman–Crippen MR) is 114 cm³/mol. The minimum absolute atomic E-state index is 0.0272. The summed E-state index contributed by atoms with van der Waals surface area (Å²) in [5.41, 5.74) is 2.87. The topological polar surface area (TPSA) is 23.6 Å². The third-order valence-corrected chi connectivity index (χ3v) is 5.61. The molecular weight excluding hydrogens is 387 g/mol. The van der Waals surface area contributed by atoms with E-state index in [1.807, 2.05) is 35.2 Å². The summed E-state index contributed by atoms with van der Waals surface area (Å²) in [5.74, 6) is -0.210. The molecule has 0 aromatic heterocycles. The number of carbonyl (C=O) groups excluding carboxylic acids is 1. The molecule has 4 rings (SSSR count). The van der Waals surface area contributed by atoms with Crippen LogP contribution in [0.4, 0.5) is 4.39 Å². The molecule has 0 N–H and O–H groups in total. The first-order chi connectivity index (χ1) is 14.1. The van der Waals surface area contributed by atoms with E-state index in [4.69, 9.17) is 11.6 Å². The van der Waals surface area contributed by atoms with Gasteiger partial charge in [0.25, 0.3) is 5.91 Å². The van der Waals surface area contributed by atoms with Crippen LogP contribution >= 0.6 is 11.6 Å². The lowest BCUT2D eigenvalue weighted by molar-refractivity contribution is 0.0597. The fourth-order valence-electron chi connectivity index (χ4n) is 3.85. The molecule has 0 unspecified atom stereocenters. The van der Waals surface area contributed by atoms with Crippen molar-refractivity contribution in [2.45, 2.75) is 6.04 Å². The second-order valence-electron chi connectivity index (χ2n) is 7.20. The molecular formula is C24H22ClFN2O. The summed E-state index contributed by atoms with van der Waals surface area (Å²) in [6.45, 7) is 2.78. The third kappa shape index (κ3) is 4.50. The molecule has 3 aromatic rings. The molecule has 0 radical (unpaired) electrons. The zero-order valence-corrected chi connectivity index (χ0v) is 16.7. The van der Waals surface area contributed by atoms with Crippen molar-refractivity contribution in [3.05, 3.63) is 106 Å². The fraction of sp³-hybridized carbons (Fsp3) is 0.208. The lowest BCUT2D eigenvalue weighted by Crippen LogP contribution is -2.49. The van der Waals surface area contributed by atoms with E-state index >= 15 is 0 Å². The van der Waals surface area contributed by atoms with E-state index in [1.165, 1.54) is 12.1 Å². The van der Waals surface area contributed by atoms with Crippen LogP contribution in [0.1, 0.15) is 27.5 Å². The average molecular weight is 409 g/mol. The maximum absolute atomic E-state index is 13.5. The van der Waals surface area contributed by atoms with Crippen molar-refractivity contribution in [1.29, 1.82) is 0 Å². The first-order valence-electron chi connectivity index (χ1n) is 9.71. The lowest BCUT2D eigenvalue weighted by atomic mass is 9.96. The maximum Gasteiger partial charge on any atom is 0.253 e. The number of hydrogen-bond donors (Lipinski definition) is 0. The van der Waals surface area contributed by atoms with Gasteiger partial charge in [0.2, 0.25) is 0 Å². The normalized spacial score (nSPS) is 15.9. The van der Waals surface area contributed by atoms with Crippen LogP contribution in [-0.4, -0.2) is 41.9 Å². The fourth-order valence-corrected chi connectivity index (χ4v) is 3.98. The Balaban J connectivity index is 1.51. The van der Waals surface area contributed by atoms with Gasteiger partial charge in [0.05, 0.1) is 6.04 Å². The zero-order chi connectivity index (χ0) is 20.2. The molecule has 1 fully saturated rings. The number of piperazine rings is 1. The van der Waals surface area contributed by atoms with Crippen LogP contribution in [0.25, 0.3) is 0 Å². The van der Waals surface area contributed by atoms with Crippen LogP contribution in [0.5, 0.6) is 0 Å². The van der Waals surface area contributed by atoms with Crippen molar-refractivity contribution in [3.63, 3.8) is 0 Å². The van der Waals surface area contributed by atoms with Crippen molar-refractivity contribution >= 4 is 17.5 Å². The second kappa shape index (κ2) is 8.76. The molecule has 0 saturated carbocycles. The molecule has 0 aliphatic carbocycles. The molecule has 3 aromatic carbocycles. The van der Waals surface area contributed by atoms with Crippen LogP contribution in [-0.2, 0) is 0 Å². The summed E-state index contributed by atoms with van der Waals surface area (Å²) in [5, 5.41) is 0.622. The number of nitrogens with zero attached hydrogens (tertiary/aromatic N) is 2. The molecule has 1 aliphatic rings. The molecule has 1 saturated heterocycles. The van der Waals surface area contributed by atoms with E-state index in [1.54, 1.807) is 24.3 Å². The molecule has 0 bridgehead atoms. The molecule has 3 nitrogen and oxygen atoms in total. The first-order valence-corrected chi connectivity index (χ1v) is 10.1. The number of hydrogen-bond acceptors (Lipinski definition) is 2. The van der Waals surface area contributed by atoms with Crippen LogP contribution < -0.4 is 0 Å². The number of halogens is 2. The van der Waals surface area contributed by atoms with Gasteiger partial charge in [0.1, 0.15) is 5.82 Å². The third-order valence-electron chi connectivity index (χ3n) is 5.36. The van der Waals surface area contributed by atoms with Gasteiger partial charge in [-0.25, -0.2) is 4.39 Å². The number of carbonyl (C=O) groups is 1. The van der Waals surface area contributed by atoms with Gasteiger partial charge >= 0.3 is 0 Å². The highest BCUT2D eigenvalue weighted by Crippen LogP contribution is 2.30. The minimum atomic E-state index is -0.237. The van der Waals surface area contributed by atoms with Crippen LogP contribution in [0.2, 0.25) is 5.02 Å². The second-order valence-corrected chi connectivity index (χ2v) is 7.64. The van der Waals surface area contributed by atoms with E-state index in [9.17, 15) is 9.18 Å². The molecule has 148 valence electrons. The van der Waals surface area contributed by atoms with Crippen LogP contribution in [0, 0.1) is 5.82 Å². The summed E-state index contributed by atoms with van der Waals surface area (Å²) in [6, 6.07) is 24.0. The zero-order valence-electron chi connectivity index (χ0n) is 16.0. The monoisotopic (exact) mass is 408 g/mol. The molecule has 5 heteroatoms. The molecule has 1 heterocycles. The SMILES string of the molecule is O=C(c1ccc(Cl)cc1)N1CCN([C@@H](c2ccccc2)c2ccc(F)cc2)CC1. The first kappa shape index (κ1) is 19.6. The summed E-state index contributed by atoms with van der Waals surface area (Å²) >= 11 is 5.93. The van der Waals surface area contributed by atoms with Gasteiger partial charge in [-0.3, -0.25) is 9.69 Å². The lowest BCUT2D eigenvalue weighted by Gasteiger charge is -2.39. The smallest absolute Gasteiger partial charge is 0.253 e. The van der Waals surface area contributed by atoms with E-state index in [-0.39, 0.29) is 17.8 Å². The van der Waals surface area contributed by atoms with E-state index in [0.29, 0.717) is 23.7 Å². The van der Waals surface area contributed by atoms with E-state index in [0.717, 1.165) is 24.2 Å². The Morgan fingerprint density at radius 3 is 2.00 bits per heavy atom. The quantitative estimate of drug-likeness (QED) is 0.604. The summed E-state index contributed by atoms with van der Waals surface area (Å²) in [4.78, 5) is 17.0. The van der Waals surface area contributed by atoms with Gasteiger partial charge < -0.3 is 4.90 Å². The highest BCUT2D eigenvalue weighted by Gasteiger charge is 2.28. The van der Waals surface area contributed by atoms with Gasteiger partial charge in [0, 0.05) is 36.8 Å². The number of amides is 1. The number of rotatable bonds is 4. The maximum atomic E-state index is 13.5. The van der Waals surface area contributed by atoms with Crippen molar-refractivity contribution in [2.75, 3.05) is 26.2 Å². The van der Waals surface area contributed by atoms with E-state index < -0.39 is 0 Å². The van der Waals surface area contributed by atoms with Crippen molar-refractivity contribution in [3.8, 4) is 0 Å². The Morgan fingerprint density at radius 2 is 1.38 bits per heavy atom. The highest BCUT2D eigenvalue weighted by atomic mass is 35.5. The number of benzene rings is 3. The van der Waals surface area contributed by atoms with Crippen molar-refractivity contribution < 1.29 is 9.18 Å². The van der Waals surface area contributed by atoms with Crippen LogP contribution in [0.3, 0.4) is 0 Å². The Hall–Kier alpha value is -2.69. The predicted octanol–water partition coefficient (Wildman–Crippen LogP) is 5.03. The van der Waals surface area contributed by atoms with Crippen LogP contribution in [0.15, 0.2) is 78.9 Å². The van der Waals surface area contributed by atoms with Gasteiger partial charge in [-0.05, 0) is 47.5 Å². The molecule has 0 spiro atoms. The summed E-state index contributed by atoms with van der Waals surface area (Å²) in [7, 11) is 0. The van der Waals surface area contributed by atoms with Crippen molar-refractivity contribution in [1.82, 2.24) is 9.80 Å². The Labute approximate surface area is 175 Å². The highest BCUT2D eigenvalue weighted by molar-refractivity contribution is 6.30. The largest absolute Gasteiger partial charge is 0.336 e. The van der Waals surface area contributed by atoms with E-state index in [2.05, 4.69) is 17.0 Å².